The molecular weight excluding hydrogens is 322 g/mol. The molecule has 2 aromatic carbocycles. The SMILES string of the molecule is O=C(NCc1ccccc1)c1ccc(Nc2ccccc2Cl)cn1. The van der Waals surface area contributed by atoms with Crippen molar-refractivity contribution in [3.8, 4) is 0 Å². The predicted octanol–water partition coefficient (Wildman–Crippen LogP) is 4.41. The van der Waals surface area contributed by atoms with E-state index in [1.54, 1.807) is 18.3 Å². The molecule has 0 aliphatic carbocycles. The summed E-state index contributed by atoms with van der Waals surface area (Å²) in [7, 11) is 0. The molecule has 120 valence electrons. The third-order valence-corrected chi connectivity index (χ3v) is 3.77. The number of hydrogen-bond acceptors (Lipinski definition) is 3. The quantitative estimate of drug-likeness (QED) is 0.725. The second-order valence-electron chi connectivity index (χ2n) is 5.21. The summed E-state index contributed by atoms with van der Waals surface area (Å²) in [6.45, 7) is 0.473. The van der Waals surface area contributed by atoms with Gasteiger partial charge in [0.2, 0.25) is 0 Å². The number of aromatic nitrogens is 1. The summed E-state index contributed by atoms with van der Waals surface area (Å²) in [4.78, 5) is 16.3. The summed E-state index contributed by atoms with van der Waals surface area (Å²) in [5.41, 5.74) is 2.98. The van der Waals surface area contributed by atoms with Crippen molar-refractivity contribution in [3.05, 3.63) is 89.2 Å². The van der Waals surface area contributed by atoms with E-state index in [-0.39, 0.29) is 5.91 Å². The summed E-state index contributed by atoms with van der Waals surface area (Å²) < 4.78 is 0. The first-order valence-corrected chi connectivity index (χ1v) is 7.90. The van der Waals surface area contributed by atoms with Crippen LogP contribution in [0.1, 0.15) is 16.1 Å². The van der Waals surface area contributed by atoms with Crippen LogP contribution < -0.4 is 10.6 Å². The van der Waals surface area contributed by atoms with E-state index in [9.17, 15) is 4.79 Å². The first kappa shape index (κ1) is 16.0. The molecule has 0 unspecified atom stereocenters. The van der Waals surface area contributed by atoms with E-state index in [4.69, 9.17) is 11.6 Å². The van der Waals surface area contributed by atoms with E-state index in [0.717, 1.165) is 16.9 Å². The summed E-state index contributed by atoms with van der Waals surface area (Å²) in [6, 6.07) is 20.7. The molecule has 1 heterocycles. The van der Waals surface area contributed by atoms with Crippen LogP contribution in [-0.2, 0) is 6.54 Å². The van der Waals surface area contributed by atoms with Crippen molar-refractivity contribution in [1.29, 1.82) is 0 Å². The molecule has 0 aliphatic heterocycles. The monoisotopic (exact) mass is 337 g/mol. The molecule has 0 saturated carbocycles. The van der Waals surface area contributed by atoms with Gasteiger partial charge in [0.15, 0.2) is 0 Å². The van der Waals surface area contributed by atoms with Crippen LogP contribution in [-0.4, -0.2) is 10.9 Å². The number of carbonyl (C=O) groups is 1. The van der Waals surface area contributed by atoms with Gasteiger partial charge in [0.1, 0.15) is 5.69 Å². The number of para-hydroxylation sites is 1. The lowest BCUT2D eigenvalue weighted by Gasteiger charge is -2.09. The zero-order valence-corrected chi connectivity index (χ0v) is 13.6. The molecule has 1 aromatic heterocycles. The van der Waals surface area contributed by atoms with Gasteiger partial charge in [-0.05, 0) is 29.8 Å². The van der Waals surface area contributed by atoms with Crippen molar-refractivity contribution < 1.29 is 4.79 Å². The van der Waals surface area contributed by atoms with Crippen molar-refractivity contribution in [3.63, 3.8) is 0 Å². The Morgan fingerprint density at radius 3 is 2.42 bits per heavy atom. The maximum absolute atomic E-state index is 12.1. The average molecular weight is 338 g/mol. The Bertz CT molecular complexity index is 820. The Kier molecular flexibility index (Phi) is 5.08. The first-order chi connectivity index (χ1) is 11.7. The second kappa shape index (κ2) is 7.62. The summed E-state index contributed by atoms with van der Waals surface area (Å²) >= 11 is 6.11. The van der Waals surface area contributed by atoms with Crippen molar-refractivity contribution in [2.24, 2.45) is 0 Å². The molecule has 0 bridgehead atoms. The fourth-order valence-electron chi connectivity index (χ4n) is 2.19. The number of rotatable bonds is 5. The van der Waals surface area contributed by atoms with E-state index in [1.807, 2.05) is 54.6 Å². The minimum absolute atomic E-state index is 0.205. The number of pyridine rings is 1. The Morgan fingerprint density at radius 2 is 1.71 bits per heavy atom. The van der Waals surface area contributed by atoms with Crippen LogP contribution in [0.25, 0.3) is 0 Å². The van der Waals surface area contributed by atoms with E-state index >= 15 is 0 Å². The first-order valence-electron chi connectivity index (χ1n) is 7.52. The highest BCUT2D eigenvalue weighted by Crippen LogP contribution is 2.24. The van der Waals surface area contributed by atoms with E-state index in [1.165, 1.54) is 0 Å². The lowest BCUT2D eigenvalue weighted by molar-refractivity contribution is 0.0946. The van der Waals surface area contributed by atoms with Gasteiger partial charge in [-0.15, -0.1) is 0 Å². The topological polar surface area (TPSA) is 54.0 Å². The standard InChI is InChI=1S/C19H16ClN3O/c20-16-8-4-5-9-17(16)23-15-10-11-18(21-13-15)19(24)22-12-14-6-2-1-3-7-14/h1-11,13,23H,12H2,(H,22,24). The number of benzene rings is 2. The number of hydrogen-bond donors (Lipinski definition) is 2. The maximum atomic E-state index is 12.1. The molecule has 3 aromatic rings. The smallest absolute Gasteiger partial charge is 0.270 e. The van der Waals surface area contributed by atoms with Crippen LogP contribution in [0.3, 0.4) is 0 Å². The molecule has 0 spiro atoms. The minimum atomic E-state index is -0.205. The highest BCUT2D eigenvalue weighted by atomic mass is 35.5. The van der Waals surface area contributed by atoms with Gasteiger partial charge >= 0.3 is 0 Å². The molecule has 2 N–H and O–H groups in total. The Morgan fingerprint density at radius 1 is 0.958 bits per heavy atom. The van der Waals surface area contributed by atoms with Crippen LogP contribution in [0, 0.1) is 0 Å². The Balaban J connectivity index is 1.61. The highest BCUT2D eigenvalue weighted by molar-refractivity contribution is 6.33. The zero-order valence-electron chi connectivity index (χ0n) is 12.9. The van der Waals surface area contributed by atoms with Crippen molar-refractivity contribution in [2.75, 3.05) is 5.32 Å². The maximum Gasteiger partial charge on any atom is 0.270 e. The number of halogens is 1. The molecule has 3 rings (SSSR count). The normalized spacial score (nSPS) is 10.2. The van der Waals surface area contributed by atoms with Crippen LogP contribution in [0.15, 0.2) is 72.9 Å². The van der Waals surface area contributed by atoms with Gasteiger partial charge < -0.3 is 10.6 Å². The lowest BCUT2D eigenvalue weighted by atomic mass is 10.2. The van der Waals surface area contributed by atoms with Gasteiger partial charge in [-0.25, -0.2) is 4.98 Å². The van der Waals surface area contributed by atoms with E-state index in [2.05, 4.69) is 15.6 Å². The molecule has 24 heavy (non-hydrogen) atoms. The minimum Gasteiger partial charge on any atom is -0.353 e. The fraction of sp³-hybridized carbons (Fsp3) is 0.0526. The zero-order chi connectivity index (χ0) is 16.8. The molecule has 0 fully saturated rings. The largest absolute Gasteiger partial charge is 0.353 e. The van der Waals surface area contributed by atoms with Crippen molar-refractivity contribution in [2.45, 2.75) is 6.54 Å². The Labute approximate surface area is 145 Å². The van der Waals surface area contributed by atoms with E-state index in [0.29, 0.717) is 17.3 Å². The third-order valence-electron chi connectivity index (χ3n) is 3.44. The fourth-order valence-corrected chi connectivity index (χ4v) is 2.37. The molecule has 4 nitrogen and oxygen atoms in total. The number of carbonyl (C=O) groups excluding carboxylic acids is 1. The van der Waals surface area contributed by atoms with Gasteiger partial charge in [-0.3, -0.25) is 4.79 Å². The van der Waals surface area contributed by atoms with Gasteiger partial charge in [0, 0.05) is 6.54 Å². The van der Waals surface area contributed by atoms with Crippen LogP contribution >= 0.6 is 11.6 Å². The third kappa shape index (κ3) is 4.12. The van der Waals surface area contributed by atoms with Crippen molar-refractivity contribution >= 4 is 28.9 Å². The van der Waals surface area contributed by atoms with Crippen molar-refractivity contribution in [1.82, 2.24) is 10.3 Å². The molecule has 5 heteroatoms. The molecule has 1 amide bonds. The summed E-state index contributed by atoms with van der Waals surface area (Å²) in [5.74, 6) is -0.205. The molecule has 0 saturated heterocycles. The van der Waals surface area contributed by atoms with E-state index < -0.39 is 0 Å². The second-order valence-corrected chi connectivity index (χ2v) is 5.61. The summed E-state index contributed by atoms with van der Waals surface area (Å²) in [5, 5.41) is 6.65. The molecular formula is C19H16ClN3O. The van der Waals surface area contributed by atoms with Crippen LogP contribution in [0.5, 0.6) is 0 Å². The van der Waals surface area contributed by atoms with Crippen LogP contribution in [0.2, 0.25) is 5.02 Å². The Hall–Kier alpha value is -2.85. The summed E-state index contributed by atoms with van der Waals surface area (Å²) in [6.07, 6.45) is 1.61. The average Bonchev–Trinajstić information content (AvgIpc) is 2.63. The van der Waals surface area contributed by atoms with Crippen LogP contribution in [0.4, 0.5) is 11.4 Å². The molecule has 0 aliphatic rings. The number of nitrogens with one attached hydrogen (secondary N) is 2. The van der Waals surface area contributed by atoms with Gasteiger partial charge in [-0.2, -0.15) is 0 Å². The number of amides is 1. The van der Waals surface area contributed by atoms with Gasteiger partial charge in [-0.1, -0.05) is 54.1 Å². The molecule has 0 radical (unpaired) electrons. The van der Waals surface area contributed by atoms with Gasteiger partial charge in [0.05, 0.1) is 22.6 Å². The molecule has 0 atom stereocenters. The predicted molar refractivity (Wildman–Crippen MR) is 96.6 cm³/mol. The lowest BCUT2D eigenvalue weighted by Crippen LogP contribution is -2.23. The van der Waals surface area contributed by atoms with Gasteiger partial charge in [0.25, 0.3) is 5.91 Å². The number of nitrogens with zero attached hydrogens (tertiary/aromatic N) is 1. The number of anilines is 2. The highest BCUT2D eigenvalue weighted by Gasteiger charge is 2.07.